The SMILES string of the molecule is CCCc1ccc(-c2ccc(C(C)NCC)cc2)cc1. The van der Waals surface area contributed by atoms with Crippen LogP contribution in [0.4, 0.5) is 0 Å². The lowest BCUT2D eigenvalue weighted by Crippen LogP contribution is -2.17. The van der Waals surface area contributed by atoms with Crippen LogP contribution in [-0.2, 0) is 6.42 Å². The Hall–Kier alpha value is -1.60. The summed E-state index contributed by atoms with van der Waals surface area (Å²) < 4.78 is 0. The third-order valence-corrected chi connectivity index (χ3v) is 3.75. The molecule has 0 aliphatic rings. The fourth-order valence-electron chi connectivity index (χ4n) is 2.54. The summed E-state index contributed by atoms with van der Waals surface area (Å²) in [6.07, 6.45) is 2.37. The van der Waals surface area contributed by atoms with E-state index in [0.29, 0.717) is 6.04 Å². The van der Waals surface area contributed by atoms with Gasteiger partial charge < -0.3 is 5.32 Å². The van der Waals surface area contributed by atoms with E-state index >= 15 is 0 Å². The summed E-state index contributed by atoms with van der Waals surface area (Å²) in [5.41, 5.74) is 5.36. The van der Waals surface area contributed by atoms with Crippen molar-refractivity contribution in [3.05, 3.63) is 59.7 Å². The minimum Gasteiger partial charge on any atom is -0.310 e. The van der Waals surface area contributed by atoms with Gasteiger partial charge in [0.15, 0.2) is 0 Å². The molecule has 2 rings (SSSR count). The molecule has 0 saturated carbocycles. The molecule has 0 radical (unpaired) electrons. The van der Waals surface area contributed by atoms with Gasteiger partial charge in [0.25, 0.3) is 0 Å². The molecular weight excluding hydrogens is 242 g/mol. The highest BCUT2D eigenvalue weighted by atomic mass is 14.9. The first-order chi connectivity index (χ1) is 9.74. The van der Waals surface area contributed by atoms with E-state index in [4.69, 9.17) is 0 Å². The molecule has 0 heterocycles. The van der Waals surface area contributed by atoms with Gasteiger partial charge in [-0.3, -0.25) is 0 Å². The Morgan fingerprint density at radius 3 is 1.90 bits per heavy atom. The van der Waals surface area contributed by atoms with Crippen LogP contribution in [0.5, 0.6) is 0 Å². The van der Waals surface area contributed by atoms with Crippen molar-refractivity contribution in [2.24, 2.45) is 0 Å². The molecule has 2 aromatic carbocycles. The minimum absolute atomic E-state index is 0.418. The molecule has 1 atom stereocenters. The zero-order valence-electron chi connectivity index (χ0n) is 12.8. The Bertz CT molecular complexity index is 510. The zero-order valence-corrected chi connectivity index (χ0v) is 12.8. The third-order valence-electron chi connectivity index (χ3n) is 3.75. The lowest BCUT2D eigenvalue weighted by Gasteiger charge is -2.13. The van der Waals surface area contributed by atoms with E-state index in [0.717, 1.165) is 6.54 Å². The van der Waals surface area contributed by atoms with Crippen LogP contribution in [0.15, 0.2) is 48.5 Å². The average Bonchev–Trinajstić information content (AvgIpc) is 2.49. The van der Waals surface area contributed by atoms with E-state index < -0.39 is 0 Å². The fraction of sp³-hybridized carbons (Fsp3) is 0.368. The van der Waals surface area contributed by atoms with Crippen molar-refractivity contribution in [2.75, 3.05) is 6.54 Å². The van der Waals surface area contributed by atoms with Gasteiger partial charge in [0.2, 0.25) is 0 Å². The fourth-order valence-corrected chi connectivity index (χ4v) is 2.54. The van der Waals surface area contributed by atoms with Gasteiger partial charge in [-0.1, -0.05) is 68.8 Å². The molecule has 1 nitrogen and oxygen atoms in total. The molecule has 20 heavy (non-hydrogen) atoms. The Balaban J connectivity index is 2.13. The van der Waals surface area contributed by atoms with Crippen LogP contribution in [0, 0.1) is 0 Å². The number of hydrogen-bond acceptors (Lipinski definition) is 1. The van der Waals surface area contributed by atoms with Crippen molar-refractivity contribution < 1.29 is 0 Å². The number of benzene rings is 2. The van der Waals surface area contributed by atoms with Gasteiger partial charge in [-0.05, 0) is 42.1 Å². The average molecular weight is 267 g/mol. The molecule has 0 amide bonds. The highest BCUT2D eigenvalue weighted by Crippen LogP contribution is 2.22. The summed E-state index contributed by atoms with van der Waals surface area (Å²) in [7, 11) is 0. The zero-order chi connectivity index (χ0) is 14.4. The molecule has 0 aliphatic heterocycles. The maximum atomic E-state index is 3.44. The van der Waals surface area contributed by atoms with Crippen LogP contribution in [0.1, 0.15) is 44.4 Å². The lowest BCUT2D eigenvalue weighted by atomic mass is 9.99. The van der Waals surface area contributed by atoms with E-state index in [1.807, 2.05) is 0 Å². The number of aryl methyl sites for hydroxylation is 1. The number of rotatable bonds is 6. The summed E-state index contributed by atoms with van der Waals surface area (Å²) in [5, 5.41) is 3.44. The second kappa shape index (κ2) is 7.25. The standard InChI is InChI=1S/C19H25N/c1-4-6-16-7-9-18(10-8-16)19-13-11-17(12-14-19)15(3)20-5-2/h7-15,20H,4-6H2,1-3H3. The van der Waals surface area contributed by atoms with E-state index in [9.17, 15) is 0 Å². The topological polar surface area (TPSA) is 12.0 Å². The summed E-state index contributed by atoms with van der Waals surface area (Å²) in [4.78, 5) is 0. The molecule has 2 aromatic rings. The van der Waals surface area contributed by atoms with Gasteiger partial charge in [-0.2, -0.15) is 0 Å². The molecule has 0 spiro atoms. The second-order valence-electron chi connectivity index (χ2n) is 5.35. The molecule has 0 fully saturated rings. The van der Waals surface area contributed by atoms with Gasteiger partial charge in [-0.15, -0.1) is 0 Å². The van der Waals surface area contributed by atoms with Gasteiger partial charge >= 0.3 is 0 Å². The maximum absolute atomic E-state index is 3.44. The van der Waals surface area contributed by atoms with E-state index in [1.54, 1.807) is 0 Å². The monoisotopic (exact) mass is 267 g/mol. The maximum Gasteiger partial charge on any atom is 0.0291 e. The van der Waals surface area contributed by atoms with Crippen LogP contribution < -0.4 is 5.32 Å². The number of hydrogen-bond donors (Lipinski definition) is 1. The van der Waals surface area contributed by atoms with E-state index in [-0.39, 0.29) is 0 Å². The van der Waals surface area contributed by atoms with E-state index in [1.165, 1.54) is 35.1 Å². The van der Waals surface area contributed by atoms with E-state index in [2.05, 4.69) is 74.6 Å². The summed E-state index contributed by atoms with van der Waals surface area (Å²) in [5.74, 6) is 0. The minimum atomic E-state index is 0.418. The first kappa shape index (κ1) is 14.8. The summed E-state index contributed by atoms with van der Waals surface area (Å²) in [6.45, 7) is 7.57. The van der Waals surface area contributed by atoms with Crippen molar-refractivity contribution in [1.29, 1.82) is 0 Å². The molecule has 106 valence electrons. The predicted octanol–water partition coefficient (Wildman–Crippen LogP) is 4.98. The molecule has 0 aromatic heterocycles. The van der Waals surface area contributed by atoms with Gasteiger partial charge in [0.1, 0.15) is 0 Å². The van der Waals surface area contributed by atoms with Crippen LogP contribution >= 0.6 is 0 Å². The molecular formula is C19H25N. The molecule has 1 heteroatoms. The Labute approximate surface area is 123 Å². The van der Waals surface area contributed by atoms with Crippen molar-refractivity contribution in [3.8, 4) is 11.1 Å². The van der Waals surface area contributed by atoms with Crippen molar-refractivity contribution in [1.82, 2.24) is 5.32 Å². The largest absolute Gasteiger partial charge is 0.310 e. The lowest BCUT2D eigenvalue weighted by molar-refractivity contribution is 0.598. The first-order valence-electron chi connectivity index (χ1n) is 7.67. The van der Waals surface area contributed by atoms with Crippen LogP contribution in [-0.4, -0.2) is 6.54 Å². The molecule has 0 saturated heterocycles. The predicted molar refractivity (Wildman–Crippen MR) is 88.0 cm³/mol. The highest BCUT2D eigenvalue weighted by Gasteiger charge is 2.04. The quantitative estimate of drug-likeness (QED) is 0.778. The van der Waals surface area contributed by atoms with Crippen molar-refractivity contribution >= 4 is 0 Å². The summed E-state index contributed by atoms with van der Waals surface area (Å²) in [6, 6.07) is 18.3. The van der Waals surface area contributed by atoms with Crippen LogP contribution in [0.2, 0.25) is 0 Å². The smallest absolute Gasteiger partial charge is 0.0291 e. The Morgan fingerprint density at radius 1 is 0.850 bits per heavy atom. The first-order valence-corrected chi connectivity index (χ1v) is 7.67. The van der Waals surface area contributed by atoms with Crippen LogP contribution in [0.3, 0.4) is 0 Å². The van der Waals surface area contributed by atoms with Crippen molar-refractivity contribution in [3.63, 3.8) is 0 Å². The normalized spacial score (nSPS) is 12.3. The molecule has 0 bridgehead atoms. The highest BCUT2D eigenvalue weighted by molar-refractivity contribution is 5.64. The molecule has 0 aliphatic carbocycles. The van der Waals surface area contributed by atoms with Gasteiger partial charge in [0, 0.05) is 6.04 Å². The van der Waals surface area contributed by atoms with Crippen molar-refractivity contribution in [2.45, 2.75) is 39.7 Å². The molecule has 1 unspecified atom stereocenters. The Morgan fingerprint density at radius 2 is 1.40 bits per heavy atom. The Kier molecular flexibility index (Phi) is 5.37. The van der Waals surface area contributed by atoms with Crippen LogP contribution in [0.25, 0.3) is 11.1 Å². The second-order valence-corrected chi connectivity index (χ2v) is 5.35. The third kappa shape index (κ3) is 3.71. The summed E-state index contributed by atoms with van der Waals surface area (Å²) >= 11 is 0. The number of nitrogens with one attached hydrogen (secondary N) is 1. The molecule has 1 N–H and O–H groups in total. The van der Waals surface area contributed by atoms with Gasteiger partial charge in [-0.25, -0.2) is 0 Å². The van der Waals surface area contributed by atoms with Gasteiger partial charge in [0.05, 0.1) is 0 Å².